The average molecular weight is 396 g/mol. The lowest BCUT2D eigenvalue weighted by atomic mass is 10.0. The van der Waals surface area contributed by atoms with Crippen LogP contribution >= 0.6 is 0 Å². The van der Waals surface area contributed by atoms with Gasteiger partial charge in [0.1, 0.15) is 5.58 Å². The smallest absolute Gasteiger partial charge is 0.276 e. The molecule has 0 aliphatic rings. The largest absolute Gasteiger partial charge is 0.490 e. The number of fused-ring (bicyclic) bond motifs is 1. The molecule has 0 radical (unpaired) electrons. The van der Waals surface area contributed by atoms with Crippen molar-refractivity contribution in [2.45, 2.75) is 27.2 Å². The van der Waals surface area contributed by atoms with Gasteiger partial charge in [0.25, 0.3) is 5.91 Å². The summed E-state index contributed by atoms with van der Waals surface area (Å²) in [6, 6.07) is 11.0. The Morgan fingerprint density at radius 2 is 1.66 bits per heavy atom. The Morgan fingerprint density at radius 3 is 2.38 bits per heavy atom. The summed E-state index contributed by atoms with van der Waals surface area (Å²) in [5, 5.41) is 0.894. The van der Waals surface area contributed by atoms with Gasteiger partial charge in [-0.05, 0) is 44.0 Å². The number of furan rings is 1. The fraction of sp³-hybridized carbons (Fsp3) is 0.273. The molecule has 0 fully saturated rings. The van der Waals surface area contributed by atoms with Crippen LogP contribution in [0.5, 0.6) is 11.5 Å². The van der Waals surface area contributed by atoms with Crippen LogP contribution in [0.15, 0.2) is 47.1 Å². The maximum atomic E-state index is 12.2. The predicted octanol–water partition coefficient (Wildman–Crippen LogP) is 3.22. The van der Waals surface area contributed by atoms with Gasteiger partial charge in [-0.1, -0.05) is 24.3 Å². The first-order valence-electron chi connectivity index (χ1n) is 9.38. The van der Waals surface area contributed by atoms with Crippen LogP contribution in [0.2, 0.25) is 0 Å². The van der Waals surface area contributed by atoms with E-state index in [1.807, 2.05) is 39.0 Å². The molecule has 0 unspecified atom stereocenters. The number of nitrogens with one attached hydrogen (secondary N) is 2. The summed E-state index contributed by atoms with van der Waals surface area (Å²) >= 11 is 0. The predicted molar refractivity (Wildman–Crippen MR) is 109 cm³/mol. The van der Waals surface area contributed by atoms with E-state index in [1.165, 1.54) is 0 Å². The van der Waals surface area contributed by atoms with Gasteiger partial charge in [-0.2, -0.15) is 0 Å². The van der Waals surface area contributed by atoms with E-state index in [4.69, 9.17) is 13.9 Å². The number of para-hydroxylation sites is 2. The van der Waals surface area contributed by atoms with Crippen molar-refractivity contribution >= 4 is 22.8 Å². The van der Waals surface area contributed by atoms with Gasteiger partial charge in [0.15, 0.2) is 18.1 Å². The molecule has 152 valence electrons. The number of hydrogen-bond donors (Lipinski definition) is 2. The zero-order valence-corrected chi connectivity index (χ0v) is 16.7. The Bertz CT molecular complexity index is 1030. The Labute approximate surface area is 169 Å². The van der Waals surface area contributed by atoms with E-state index in [-0.39, 0.29) is 18.9 Å². The molecule has 1 aromatic heterocycles. The van der Waals surface area contributed by atoms with Gasteiger partial charge in [-0.15, -0.1) is 0 Å². The third-order valence-electron chi connectivity index (χ3n) is 4.54. The number of rotatable bonds is 7. The number of carbonyl (C=O) groups excluding carboxylic acids is 2. The summed E-state index contributed by atoms with van der Waals surface area (Å²) in [7, 11) is 0. The molecule has 1 heterocycles. The molecule has 2 aromatic carbocycles. The Morgan fingerprint density at radius 1 is 0.966 bits per heavy atom. The molecule has 29 heavy (non-hydrogen) atoms. The zero-order chi connectivity index (χ0) is 20.8. The van der Waals surface area contributed by atoms with Crippen molar-refractivity contribution in [1.29, 1.82) is 0 Å². The first-order valence-corrected chi connectivity index (χ1v) is 9.38. The van der Waals surface area contributed by atoms with Crippen molar-refractivity contribution in [3.05, 3.63) is 59.4 Å². The third-order valence-corrected chi connectivity index (χ3v) is 4.54. The van der Waals surface area contributed by atoms with Crippen LogP contribution in [0.3, 0.4) is 0 Å². The van der Waals surface area contributed by atoms with Crippen molar-refractivity contribution in [1.82, 2.24) is 10.9 Å². The number of hydrazine groups is 1. The molecule has 2 N–H and O–H groups in total. The van der Waals surface area contributed by atoms with Crippen LogP contribution in [0.1, 0.15) is 23.6 Å². The maximum Gasteiger partial charge on any atom is 0.276 e. The van der Waals surface area contributed by atoms with Crippen LogP contribution < -0.4 is 20.3 Å². The molecule has 0 aliphatic heterocycles. The van der Waals surface area contributed by atoms with E-state index >= 15 is 0 Å². The van der Waals surface area contributed by atoms with Gasteiger partial charge >= 0.3 is 0 Å². The van der Waals surface area contributed by atoms with Gasteiger partial charge in [0.05, 0.1) is 19.3 Å². The first kappa shape index (κ1) is 20.3. The number of amides is 2. The molecule has 0 bridgehead atoms. The number of carbonyl (C=O) groups is 2. The molecule has 3 rings (SSSR count). The zero-order valence-electron chi connectivity index (χ0n) is 16.7. The molecule has 2 amide bonds. The van der Waals surface area contributed by atoms with Crippen LogP contribution in [0.4, 0.5) is 0 Å². The summed E-state index contributed by atoms with van der Waals surface area (Å²) in [6.45, 7) is 6.09. The first-order chi connectivity index (χ1) is 14.0. The number of aryl methyl sites for hydroxylation is 2. The summed E-state index contributed by atoms with van der Waals surface area (Å²) < 4.78 is 16.5. The Hall–Kier alpha value is -3.48. The number of hydrogen-bond acceptors (Lipinski definition) is 5. The highest BCUT2D eigenvalue weighted by Gasteiger charge is 2.14. The van der Waals surface area contributed by atoms with Crippen molar-refractivity contribution in [3.8, 4) is 11.5 Å². The standard InChI is InChI=1S/C22H24N2O5/c1-4-27-18-7-5-6-8-19(18)28-13-21(26)24-23-20(25)11-16-12-29-22-15(3)14(2)9-10-17(16)22/h5-10,12H,4,11,13H2,1-3H3,(H,23,25)(H,24,26). The normalized spacial score (nSPS) is 10.6. The van der Waals surface area contributed by atoms with Gasteiger partial charge in [0.2, 0.25) is 5.91 Å². The maximum absolute atomic E-state index is 12.2. The highest BCUT2D eigenvalue weighted by Crippen LogP contribution is 2.27. The van der Waals surface area contributed by atoms with Crippen LogP contribution in [0.25, 0.3) is 11.0 Å². The number of ether oxygens (including phenoxy) is 2. The van der Waals surface area contributed by atoms with Gasteiger partial charge in [0, 0.05) is 10.9 Å². The molecule has 7 nitrogen and oxygen atoms in total. The SMILES string of the molecule is CCOc1ccccc1OCC(=O)NNC(=O)Cc1coc2c(C)c(C)ccc12. The van der Waals surface area contributed by atoms with Crippen molar-refractivity contribution in [2.24, 2.45) is 0 Å². The van der Waals surface area contributed by atoms with Gasteiger partial charge in [-0.3, -0.25) is 20.4 Å². The van der Waals surface area contributed by atoms with Crippen LogP contribution in [0, 0.1) is 13.8 Å². The molecule has 7 heteroatoms. The van der Waals surface area contributed by atoms with E-state index in [2.05, 4.69) is 10.9 Å². The fourth-order valence-corrected chi connectivity index (χ4v) is 2.91. The topological polar surface area (TPSA) is 89.8 Å². The van der Waals surface area contributed by atoms with Gasteiger partial charge < -0.3 is 13.9 Å². The van der Waals surface area contributed by atoms with E-state index < -0.39 is 5.91 Å². The lowest BCUT2D eigenvalue weighted by Gasteiger charge is -2.12. The van der Waals surface area contributed by atoms with Crippen LogP contribution in [-0.4, -0.2) is 25.0 Å². The van der Waals surface area contributed by atoms with Crippen molar-refractivity contribution < 1.29 is 23.5 Å². The molecule has 3 aromatic rings. The highest BCUT2D eigenvalue weighted by molar-refractivity contribution is 5.90. The second kappa shape index (κ2) is 9.14. The third kappa shape index (κ3) is 4.87. The number of benzene rings is 2. The minimum atomic E-state index is -0.479. The quantitative estimate of drug-likeness (QED) is 0.599. The Kier molecular flexibility index (Phi) is 6.39. The second-order valence-electron chi connectivity index (χ2n) is 6.59. The molecule has 0 aliphatic carbocycles. The van der Waals surface area contributed by atoms with E-state index in [0.717, 1.165) is 27.7 Å². The molecular formula is C22H24N2O5. The van der Waals surface area contributed by atoms with Gasteiger partial charge in [-0.25, -0.2) is 0 Å². The van der Waals surface area contributed by atoms with Crippen LogP contribution in [-0.2, 0) is 16.0 Å². The molecular weight excluding hydrogens is 372 g/mol. The molecule has 0 atom stereocenters. The monoisotopic (exact) mass is 396 g/mol. The van der Waals surface area contributed by atoms with E-state index in [1.54, 1.807) is 24.5 Å². The average Bonchev–Trinajstić information content (AvgIpc) is 3.12. The summed E-state index contributed by atoms with van der Waals surface area (Å²) in [4.78, 5) is 24.2. The second-order valence-corrected chi connectivity index (χ2v) is 6.59. The van der Waals surface area contributed by atoms with Crippen molar-refractivity contribution in [3.63, 3.8) is 0 Å². The molecule has 0 saturated carbocycles. The van der Waals surface area contributed by atoms with Crippen molar-refractivity contribution in [2.75, 3.05) is 13.2 Å². The fourth-order valence-electron chi connectivity index (χ4n) is 2.91. The molecule has 0 saturated heterocycles. The summed E-state index contributed by atoms with van der Waals surface area (Å²) in [5.74, 6) is 0.192. The van der Waals surface area contributed by atoms with E-state index in [0.29, 0.717) is 18.1 Å². The summed E-state index contributed by atoms with van der Waals surface area (Å²) in [6.07, 6.45) is 1.66. The lowest BCUT2D eigenvalue weighted by molar-refractivity contribution is -0.129. The summed E-state index contributed by atoms with van der Waals surface area (Å²) in [5.41, 5.74) is 8.46. The van der Waals surface area contributed by atoms with E-state index in [9.17, 15) is 9.59 Å². The Balaban J connectivity index is 1.51. The minimum absolute atomic E-state index is 0.0871. The lowest BCUT2D eigenvalue weighted by Crippen LogP contribution is -2.44. The highest BCUT2D eigenvalue weighted by atomic mass is 16.5. The molecule has 0 spiro atoms. The minimum Gasteiger partial charge on any atom is -0.490 e.